The number of hydrogen-bond donors (Lipinski definition) is 3. The van der Waals surface area contributed by atoms with Crippen LogP contribution >= 0.6 is 0 Å². The molecule has 0 spiro atoms. The lowest BCUT2D eigenvalue weighted by Gasteiger charge is -2.56. The van der Waals surface area contributed by atoms with E-state index in [1.54, 1.807) is 0 Å². The van der Waals surface area contributed by atoms with Crippen LogP contribution in [0.4, 0.5) is 0 Å². The minimum absolute atomic E-state index is 0.0580. The van der Waals surface area contributed by atoms with Gasteiger partial charge in [-0.3, -0.25) is 0 Å². The Kier molecular flexibility index (Phi) is 5.07. The first-order valence-electron chi connectivity index (χ1n) is 8.92. The largest absolute Gasteiger partial charge is 0.389 e. The van der Waals surface area contributed by atoms with Crippen LogP contribution in [-0.2, 0) is 0 Å². The van der Waals surface area contributed by atoms with Gasteiger partial charge in [-0.15, -0.1) is 0 Å². The predicted octanol–water partition coefficient (Wildman–Crippen LogP) is 2.92. The maximum atomic E-state index is 11.6. The summed E-state index contributed by atoms with van der Waals surface area (Å²) in [5.41, 5.74) is 6.00. The molecule has 0 radical (unpaired) electrons. The molecule has 1 saturated carbocycles. The number of nitrogens with one attached hydrogen (secondary N) is 1. The summed E-state index contributed by atoms with van der Waals surface area (Å²) >= 11 is 0. The van der Waals surface area contributed by atoms with Gasteiger partial charge in [-0.1, -0.05) is 27.7 Å². The summed E-state index contributed by atoms with van der Waals surface area (Å²) in [6.45, 7) is 11.8. The normalized spacial score (nSPS) is 42.0. The van der Waals surface area contributed by atoms with Gasteiger partial charge >= 0.3 is 0 Å². The zero-order valence-electron chi connectivity index (χ0n) is 14.5. The van der Waals surface area contributed by atoms with Crippen LogP contribution < -0.4 is 11.1 Å². The molecular weight excluding hydrogens is 260 g/mol. The predicted molar refractivity (Wildman–Crippen MR) is 89.1 cm³/mol. The van der Waals surface area contributed by atoms with Crippen molar-refractivity contribution in [3.8, 4) is 0 Å². The number of aliphatic hydroxyl groups is 1. The molecule has 2 unspecified atom stereocenters. The Morgan fingerprint density at radius 1 is 1.19 bits per heavy atom. The Morgan fingerprint density at radius 2 is 1.81 bits per heavy atom. The molecule has 1 saturated heterocycles. The van der Waals surface area contributed by atoms with Crippen molar-refractivity contribution >= 4 is 0 Å². The second kappa shape index (κ2) is 6.17. The molecule has 2 fully saturated rings. The highest BCUT2D eigenvalue weighted by atomic mass is 16.3. The van der Waals surface area contributed by atoms with E-state index in [0.29, 0.717) is 17.9 Å². The molecule has 0 aromatic carbocycles. The zero-order chi connectivity index (χ0) is 15.7. The van der Waals surface area contributed by atoms with Crippen molar-refractivity contribution in [2.24, 2.45) is 28.4 Å². The minimum Gasteiger partial charge on any atom is -0.389 e. The summed E-state index contributed by atoms with van der Waals surface area (Å²) in [7, 11) is 0. The SMILES string of the molecule is CCC1CNCCC1(O)C1(CN)CCC(C(C)(C)C)CC1. The monoisotopic (exact) mass is 296 g/mol. The van der Waals surface area contributed by atoms with E-state index >= 15 is 0 Å². The van der Waals surface area contributed by atoms with E-state index in [0.717, 1.165) is 44.7 Å². The average molecular weight is 296 g/mol. The third kappa shape index (κ3) is 3.02. The van der Waals surface area contributed by atoms with Crippen LogP contribution in [0, 0.1) is 22.7 Å². The van der Waals surface area contributed by atoms with Crippen LogP contribution in [-0.4, -0.2) is 30.3 Å². The second-order valence-electron chi connectivity index (χ2n) is 8.61. The molecule has 2 rings (SSSR count). The van der Waals surface area contributed by atoms with Crippen molar-refractivity contribution in [3.63, 3.8) is 0 Å². The van der Waals surface area contributed by atoms with Gasteiger partial charge < -0.3 is 16.2 Å². The Balaban J connectivity index is 2.19. The molecule has 1 aliphatic heterocycles. The molecule has 1 heterocycles. The maximum Gasteiger partial charge on any atom is 0.0767 e. The lowest BCUT2D eigenvalue weighted by atomic mass is 9.53. The van der Waals surface area contributed by atoms with Crippen LogP contribution in [0.2, 0.25) is 0 Å². The summed E-state index contributed by atoms with van der Waals surface area (Å²) in [5.74, 6) is 1.11. The van der Waals surface area contributed by atoms with Gasteiger partial charge in [-0.25, -0.2) is 0 Å². The lowest BCUT2D eigenvalue weighted by molar-refractivity contribution is -0.160. The third-order valence-electron chi connectivity index (χ3n) is 6.72. The van der Waals surface area contributed by atoms with E-state index in [2.05, 4.69) is 33.0 Å². The van der Waals surface area contributed by atoms with Gasteiger partial charge in [0.1, 0.15) is 0 Å². The minimum atomic E-state index is -0.565. The van der Waals surface area contributed by atoms with Gasteiger partial charge in [0.05, 0.1) is 5.60 Å². The van der Waals surface area contributed by atoms with Crippen molar-refractivity contribution in [2.75, 3.05) is 19.6 Å². The maximum absolute atomic E-state index is 11.6. The standard InChI is InChI=1S/C18H36N2O/c1-5-14-12-20-11-10-18(14,21)17(13-19)8-6-15(7-9-17)16(2,3)4/h14-15,20-21H,5-13,19H2,1-4H3. The highest BCUT2D eigenvalue weighted by molar-refractivity contribution is 5.07. The first-order valence-corrected chi connectivity index (χ1v) is 8.92. The molecule has 2 atom stereocenters. The summed E-state index contributed by atoms with van der Waals surface area (Å²) < 4.78 is 0. The first-order chi connectivity index (χ1) is 9.79. The van der Waals surface area contributed by atoms with Crippen molar-refractivity contribution in [2.45, 2.75) is 71.8 Å². The highest BCUT2D eigenvalue weighted by Gasteiger charge is 2.55. The summed E-state index contributed by atoms with van der Waals surface area (Å²) in [4.78, 5) is 0. The third-order valence-corrected chi connectivity index (χ3v) is 6.72. The van der Waals surface area contributed by atoms with E-state index in [4.69, 9.17) is 5.73 Å². The first kappa shape index (κ1) is 17.2. The molecular formula is C18H36N2O. The molecule has 0 bridgehead atoms. The quantitative estimate of drug-likeness (QED) is 0.750. The van der Waals surface area contributed by atoms with Gasteiger partial charge in [-0.05, 0) is 56.4 Å². The van der Waals surface area contributed by atoms with Gasteiger partial charge in [0, 0.05) is 24.4 Å². The molecule has 1 aliphatic carbocycles. The van der Waals surface area contributed by atoms with E-state index in [-0.39, 0.29) is 5.41 Å². The fraction of sp³-hybridized carbons (Fsp3) is 1.00. The van der Waals surface area contributed by atoms with Gasteiger partial charge in [0.2, 0.25) is 0 Å². The Hall–Kier alpha value is -0.120. The van der Waals surface area contributed by atoms with Gasteiger partial charge in [0.25, 0.3) is 0 Å². The van der Waals surface area contributed by atoms with Crippen molar-refractivity contribution in [3.05, 3.63) is 0 Å². The van der Waals surface area contributed by atoms with Gasteiger partial charge in [-0.2, -0.15) is 0 Å². The number of rotatable bonds is 3. The molecule has 0 aromatic heterocycles. The number of nitrogens with two attached hydrogens (primary N) is 1. The van der Waals surface area contributed by atoms with E-state index < -0.39 is 5.60 Å². The fourth-order valence-electron chi connectivity index (χ4n) is 4.96. The molecule has 124 valence electrons. The summed E-state index contributed by atoms with van der Waals surface area (Å²) in [6, 6.07) is 0. The second-order valence-corrected chi connectivity index (χ2v) is 8.61. The average Bonchev–Trinajstić information content (AvgIpc) is 2.46. The van der Waals surface area contributed by atoms with Crippen molar-refractivity contribution in [1.82, 2.24) is 5.32 Å². The molecule has 4 N–H and O–H groups in total. The molecule has 0 aromatic rings. The van der Waals surface area contributed by atoms with Crippen molar-refractivity contribution < 1.29 is 5.11 Å². The Morgan fingerprint density at radius 3 is 2.29 bits per heavy atom. The van der Waals surface area contributed by atoms with Gasteiger partial charge in [0.15, 0.2) is 0 Å². The van der Waals surface area contributed by atoms with E-state index in [1.807, 2.05) is 0 Å². The topological polar surface area (TPSA) is 58.3 Å². The molecule has 0 amide bonds. The molecule has 3 nitrogen and oxygen atoms in total. The Bertz CT molecular complexity index is 342. The summed E-state index contributed by atoms with van der Waals surface area (Å²) in [5, 5.41) is 15.0. The highest BCUT2D eigenvalue weighted by Crippen LogP contribution is 2.54. The molecule has 21 heavy (non-hydrogen) atoms. The van der Waals surface area contributed by atoms with Crippen LogP contribution in [0.1, 0.15) is 66.2 Å². The summed E-state index contributed by atoms with van der Waals surface area (Å²) in [6.07, 6.45) is 6.52. The van der Waals surface area contributed by atoms with E-state index in [1.165, 1.54) is 12.8 Å². The molecule has 3 heteroatoms. The number of hydrogen-bond acceptors (Lipinski definition) is 3. The zero-order valence-corrected chi connectivity index (χ0v) is 14.5. The van der Waals surface area contributed by atoms with Crippen LogP contribution in [0.3, 0.4) is 0 Å². The molecule has 2 aliphatic rings. The van der Waals surface area contributed by atoms with Crippen molar-refractivity contribution in [1.29, 1.82) is 0 Å². The smallest absolute Gasteiger partial charge is 0.0767 e. The lowest BCUT2D eigenvalue weighted by Crippen LogP contribution is -2.63. The van der Waals surface area contributed by atoms with Crippen LogP contribution in [0.15, 0.2) is 0 Å². The van der Waals surface area contributed by atoms with Crippen LogP contribution in [0.5, 0.6) is 0 Å². The Labute approximate surface area is 131 Å². The number of piperidine rings is 1. The fourth-order valence-corrected chi connectivity index (χ4v) is 4.96. The van der Waals surface area contributed by atoms with Crippen LogP contribution in [0.25, 0.3) is 0 Å². The van der Waals surface area contributed by atoms with E-state index in [9.17, 15) is 5.11 Å².